The molecule has 0 spiro atoms. The Hall–Kier alpha value is -2.75. The lowest BCUT2D eigenvalue weighted by Crippen LogP contribution is -2.25. The minimum Gasteiger partial charge on any atom is -0.497 e. The monoisotopic (exact) mass is 305 g/mol. The van der Waals surface area contributed by atoms with E-state index in [0.717, 1.165) is 12.2 Å². The van der Waals surface area contributed by atoms with Gasteiger partial charge in [0.1, 0.15) is 5.75 Å². The van der Waals surface area contributed by atoms with Crippen molar-refractivity contribution < 1.29 is 4.74 Å². The van der Waals surface area contributed by atoms with Crippen LogP contribution in [0.5, 0.6) is 5.75 Å². The molecule has 0 radical (unpaired) electrons. The highest BCUT2D eigenvalue weighted by atomic mass is 16.5. The van der Waals surface area contributed by atoms with Crippen LogP contribution < -0.4 is 10.1 Å². The maximum atomic E-state index is 5.26. The minimum atomic E-state index is 0.267. The first-order chi connectivity index (χ1) is 11.3. The van der Waals surface area contributed by atoms with E-state index in [0.29, 0.717) is 6.04 Å². The summed E-state index contributed by atoms with van der Waals surface area (Å²) in [6.07, 6.45) is 6.77. The summed E-state index contributed by atoms with van der Waals surface area (Å²) in [6.45, 7) is 0. The zero-order valence-electron chi connectivity index (χ0n) is 13.0. The first-order valence-electron chi connectivity index (χ1n) is 7.82. The van der Waals surface area contributed by atoms with E-state index in [-0.39, 0.29) is 6.04 Å². The summed E-state index contributed by atoms with van der Waals surface area (Å²) in [5.41, 5.74) is 3.78. The Morgan fingerprint density at radius 3 is 2.70 bits per heavy atom. The van der Waals surface area contributed by atoms with Crippen molar-refractivity contribution >= 4 is 5.69 Å². The van der Waals surface area contributed by atoms with Crippen LogP contribution in [0.25, 0.3) is 0 Å². The molecule has 2 aromatic carbocycles. The van der Waals surface area contributed by atoms with Crippen LogP contribution >= 0.6 is 0 Å². The van der Waals surface area contributed by atoms with Gasteiger partial charge in [0.2, 0.25) is 0 Å². The fraction of sp³-hybridized carbons (Fsp3) is 0.211. The van der Waals surface area contributed by atoms with Gasteiger partial charge in [0.15, 0.2) is 0 Å². The van der Waals surface area contributed by atoms with Gasteiger partial charge < -0.3 is 14.6 Å². The summed E-state index contributed by atoms with van der Waals surface area (Å²) in [5, 5.41) is 3.67. The van der Waals surface area contributed by atoms with Crippen molar-refractivity contribution in [3.8, 4) is 5.75 Å². The van der Waals surface area contributed by atoms with Gasteiger partial charge in [-0.15, -0.1) is 0 Å². The molecule has 1 aliphatic rings. The topological polar surface area (TPSA) is 39.1 Å². The molecule has 2 atom stereocenters. The van der Waals surface area contributed by atoms with Gasteiger partial charge in [-0.3, -0.25) is 0 Å². The predicted octanol–water partition coefficient (Wildman–Crippen LogP) is 4.04. The molecule has 4 rings (SSSR count). The van der Waals surface area contributed by atoms with E-state index < -0.39 is 0 Å². The second kappa shape index (κ2) is 5.80. The third kappa shape index (κ3) is 2.57. The van der Waals surface area contributed by atoms with Crippen molar-refractivity contribution in [2.24, 2.45) is 0 Å². The molecule has 1 N–H and O–H groups in total. The molecule has 4 nitrogen and oxygen atoms in total. The number of nitrogens with zero attached hydrogens (tertiary/aromatic N) is 2. The average molecular weight is 305 g/mol. The number of methoxy groups -OCH3 is 1. The first-order valence-corrected chi connectivity index (χ1v) is 7.82. The van der Waals surface area contributed by atoms with Gasteiger partial charge in [-0.1, -0.05) is 30.3 Å². The summed E-state index contributed by atoms with van der Waals surface area (Å²) in [5.74, 6) is 0.885. The third-order valence-corrected chi connectivity index (χ3v) is 4.51. The van der Waals surface area contributed by atoms with Gasteiger partial charge in [-0.2, -0.15) is 0 Å². The lowest BCUT2D eigenvalue weighted by atomic mass is 9.89. The molecule has 116 valence electrons. The average Bonchev–Trinajstić information content (AvgIpc) is 3.15. The van der Waals surface area contributed by atoms with Gasteiger partial charge in [-0.05, 0) is 35.7 Å². The number of hydrogen-bond acceptors (Lipinski definition) is 3. The van der Waals surface area contributed by atoms with Crippen LogP contribution in [0.3, 0.4) is 0 Å². The second-order valence-corrected chi connectivity index (χ2v) is 5.82. The van der Waals surface area contributed by atoms with Crippen molar-refractivity contribution in [2.75, 3.05) is 12.4 Å². The summed E-state index contributed by atoms with van der Waals surface area (Å²) in [7, 11) is 1.69. The van der Waals surface area contributed by atoms with Crippen LogP contribution in [0, 0.1) is 0 Å². The molecular formula is C19H19N3O. The van der Waals surface area contributed by atoms with E-state index in [9.17, 15) is 0 Å². The van der Waals surface area contributed by atoms with Crippen molar-refractivity contribution in [1.82, 2.24) is 9.55 Å². The lowest BCUT2D eigenvalue weighted by molar-refractivity contribution is 0.414. The highest BCUT2D eigenvalue weighted by Gasteiger charge is 2.28. The van der Waals surface area contributed by atoms with E-state index >= 15 is 0 Å². The van der Waals surface area contributed by atoms with Crippen LogP contribution in [0.1, 0.15) is 29.6 Å². The Kier molecular flexibility index (Phi) is 3.50. The second-order valence-electron chi connectivity index (χ2n) is 5.82. The Morgan fingerprint density at radius 2 is 1.96 bits per heavy atom. The molecule has 0 aliphatic carbocycles. The molecule has 2 heterocycles. The molecule has 0 amide bonds. The largest absolute Gasteiger partial charge is 0.497 e. The number of benzene rings is 2. The van der Waals surface area contributed by atoms with E-state index in [1.807, 2.05) is 30.9 Å². The zero-order valence-corrected chi connectivity index (χ0v) is 13.0. The van der Waals surface area contributed by atoms with E-state index in [4.69, 9.17) is 4.74 Å². The molecule has 0 fully saturated rings. The van der Waals surface area contributed by atoms with E-state index in [1.165, 1.54) is 16.8 Å². The van der Waals surface area contributed by atoms with Crippen molar-refractivity contribution in [3.63, 3.8) is 0 Å². The van der Waals surface area contributed by atoms with Crippen molar-refractivity contribution in [3.05, 3.63) is 78.4 Å². The van der Waals surface area contributed by atoms with Crippen LogP contribution in [-0.2, 0) is 0 Å². The maximum Gasteiger partial charge on any atom is 0.118 e. The Labute approximate surface area is 135 Å². The zero-order chi connectivity index (χ0) is 15.6. The molecule has 1 aliphatic heterocycles. The molecule has 3 aromatic rings. The number of aromatic nitrogens is 2. The summed E-state index contributed by atoms with van der Waals surface area (Å²) in [4.78, 5) is 4.22. The number of imidazole rings is 1. The molecule has 2 unspecified atom stereocenters. The SMILES string of the molecule is COc1ccc(C2CC(n3ccnc3)c3ccccc3N2)cc1. The Bertz CT molecular complexity index is 781. The quantitative estimate of drug-likeness (QED) is 0.794. The van der Waals surface area contributed by atoms with Gasteiger partial charge in [-0.25, -0.2) is 4.98 Å². The van der Waals surface area contributed by atoms with Gasteiger partial charge in [0, 0.05) is 18.1 Å². The Balaban J connectivity index is 1.71. The number of fused-ring (bicyclic) bond motifs is 1. The highest BCUT2D eigenvalue weighted by molar-refractivity contribution is 5.57. The summed E-state index contributed by atoms with van der Waals surface area (Å²) >= 11 is 0. The number of nitrogens with one attached hydrogen (secondary N) is 1. The molecule has 1 aromatic heterocycles. The lowest BCUT2D eigenvalue weighted by Gasteiger charge is -2.34. The smallest absolute Gasteiger partial charge is 0.118 e. The predicted molar refractivity (Wildman–Crippen MR) is 90.8 cm³/mol. The van der Waals surface area contributed by atoms with Crippen LogP contribution in [0.2, 0.25) is 0 Å². The van der Waals surface area contributed by atoms with Gasteiger partial charge in [0.25, 0.3) is 0 Å². The maximum absolute atomic E-state index is 5.26. The molecule has 0 bridgehead atoms. The fourth-order valence-electron chi connectivity index (χ4n) is 3.31. The molecule has 4 heteroatoms. The summed E-state index contributed by atoms with van der Waals surface area (Å²) < 4.78 is 7.45. The van der Waals surface area contributed by atoms with Crippen LogP contribution in [0.4, 0.5) is 5.69 Å². The number of para-hydroxylation sites is 1. The number of anilines is 1. The molecule has 0 saturated carbocycles. The molecule has 0 saturated heterocycles. The van der Waals surface area contributed by atoms with Crippen LogP contribution in [-0.4, -0.2) is 16.7 Å². The molecule has 23 heavy (non-hydrogen) atoms. The van der Waals surface area contributed by atoms with Gasteiger partial charge in [0.05, 0.1) is 25.5 Å². The Morgan fingerprint density at radius 1 is 1.13 bits per heavy atom. The normalized spacial score (nSPS) is 19.7. The minimum absolute atomic E-state index is 0.267. The number of ether oxygens (including phenoxy) is 1. The fourth-order valence-corrected chi connectivity index (χ4v) is 3.31. The standard InChI is InChI=1S/C19H19N3O/c1-23-15-8-6-14(7-9-15)18-12-19(22-11-10-20-13-22)16-4-2-3-5-17(16)21-18/h2-11,13,18-19,21H,12H2,1H3. The third-order valence-electron chi connectivity index (χ3n) is 4.51. The van der Waals surface area contributed by atoms with E-state index in [1.54, 1.807) is 7.11 Å². The van der Waals surface area contributed by atoms with Crippen molar-refractivity contribution in [2.45, 2.75) is 18.5 Å². The summed E-state index contributed by atoms with van der Waals surface area (Å²) in [6, 6.07) is 17.4. The van der Waals surface area contributed by atoms with Crippen molar-refractivity contribution in [1.29, 1.82) is 0 Å². The number of hydrogen-bond donors (Lipinski definition) is 1. The highest BCUT2D eigenvalue weighted by Crippen LogP contribution is 2.40. The van der Waals surface area contributed by atoms with E-state index in [2.05, 4.69) is 51.3 Å². The van der Waals surface area contributed by atoms with Crippen LogP contribution in [0.15, 0.2) is 67.3 Å². The first kappa shape index (κ1) is 13.9. The van der Waals surface area contributed by atoms with Gasteiger partial charge >= 0.3 is 0 Å². The number of rotatable bonds is 3. The molecular weight excluding hydrogens is 286 g/mol.